The number of hydrogen-bond acceptors (Lipinski definition) is 2. The van der Waals surface area contributed by atoms with Gasteiger partial charge in [-0.1, -0.05) is 212 Å². The fraction of sp³-hybridized carbons (Fsp3) is 0. The van der Waals surface area contributed by atoms with Crippen LogP contribution in [-0.4, -0.2) is 0 Å². The second kappa shape index (κ2) is 17.1. The molecule has 0 fully saturated rings. The SMILES string of the molecule is c1ccc(-c2c(N(c3ccccc3)c3cccc(-c4ccc(-c5ccccc5N(c5ccccc5)c5ccc6ccccc6c5-c5ccccc5)cc4)c3)ccc3ccccc23)cc1. The van der Waals surface area contributed by atoms with E-state index in [4.69, 9.17) is 0 Å². The van der Waals surface area contributed by atoms with Gasteiger partial charge in [0, 0.05) is 33.8 Å². The average molecular weight is 817 g/mol. The molecule has 2 heteroatoms. The predicted octanol–water partition coefficient (Wildman–Crippen LogP) is 17.6. The van der Waals surface area contributed by atoms with Gasteiger partial charge in [0.05, 0.1) is 17.1 Å². The van der Waals surface area contributed by atoms with Crippen LogP contribution >= 0.6 is 0 Å². The maximum Gasteiger partial charge on any atom is 0.0546 e. The van der Waals surface area contributed by atoms with Gasteiger partial charge in [0.25, 0.3) is 0 Å². The van der Waals surface area contributed by atoms with Crippen LogP contribution < -0.4 is 9.80 Å². The highest BCUT2D eigenvalue weighted by atomic mass is 15.2. The summed E-state index contributed by atoms with van der Waals surface area (Å²) in [6, 6.07) is 96.3. The van der Waals surface area contributed by atoms with E-state index >= 15 is 0 Å². The smallest absolute Gasteiger partial charge is 0.0546 e. The summed E-state index contributed by atoms with van der Waals surface area (Å²) < 4.78 is 0. The third kappa shape index (κ3) is 7.27. The van der Waals surface area contributed by atoms with Crippen LogP contribution in [-0.2, 0) is 0 Å². The van der Waals surface area contributed by atoms with Gasteiger partial charge in [0.2, 0.25) is 0 Å². The van der Waals surface area contributed by atoms with E-state index in [9.17, 15) is 0 Å². The van der Waals surface area contributed by atoms with Gasteiger partial charge in [-0.3, -0.25) is 0 Å². The molecule has 0 atom stereocenters. The van der Waals surface area contributed by atoms with Crippen LogP contribution in [0.5, 0.6) is 0 Å². The van der Waals surface area contributed by atoms with Crippen LogP contribution in [0.15, 0.2) is 267 Å². The van der Waals surface area contributed by atoms with E-state index in [1.54, 1.807) is 0 Å². The average Bonchev–Trinajstić information content (AvgIpc) is 3.38. The number of benzene rings is 11. The molecule has 0 saturated carbocycles. The van der Waals surface area contributed by atoms with Gasteiger partial charge in [-0.2, -0.15) is 0 Å². The van der Waals surface area contributed by atoms with Crippen molar-refractivity contribution in [1.82, 2.24) is 0 Å². The highest BCUT2D eigenvalue weighted by Gasteiger charge is 2.23. The van der Waals surface area contributed by atoms with E-state index in [2.05, 4.69) is 277 Å². The number of hydrogen-bond donors (Lipinski definition) is 0. The first-order chi connectivity index (χ1) is 31.8. The Labute approximate surface area is 375 Å². The van der Waals surface area contributed by atoms with Crippen LogP contribution in [0.1, 0.15) is 0 Å². The topological polar surface area (TPSA) is 6.48 Å². The van der Waals surface area contributed by atoms with Gasteiger partial charge < -0.3 is 9.80 Å². The lowest BCUT2D eigenvalue weighted by molar-refractivity contribution is 1.29. The summed E-state index contributed by atoms with van der Waals surface area (Å²) in [7, 11) is 0. The van der Waals surface area contributed by atoms with Crippen molar-refractivity contribution in [3.63, 3.8) is 0 Å². The molecular formula is C62H44N2. The quantitative estimate of drug-likeness (QED) is 0.136. The lowest BCUT2D eigenvalue weighted by Gasteiger charge is -2.30. The first-order valence-corrected chi connectivity index (χ1v) is 21.9. The maximum absolute atomic E-state index is 2.43. The van der Waals surface area contributed by atoms with E-state index in [1.807, 2.05) is 0 Å². The Bertz CT molecular complexity index is 3360. The van der Waals surface area contributed by atoms with Crippen LogP contribution in [0.4, 0.5) is 34.1 Å². The van der Waals surface area contributed by atoms with Gasteiger partial charge in [-0.05, 0) is 104 Å². The zero-order chi connectivity index (χ0) is 42.7. The van der Waals surface area contributed by atoms with Crippen molar-refractivity contribution in [2.45, 2.75) is 0 Å². The Kier molecular flexibility index (Phi) is 10.3. The second-order valence-corrected chi connectivity index (χ2v) is 16.1. The maximum atomic E-state index is 2.43. The van der Waals surface area contributed by atoms with Crippen molar-refractivity contribution in [3.8, 4) is 44.5 Å². The molecule has 11 aromatic carbocycles. The Morgan fingerprint density at radius 2 is 0.641 bits per heavy atom. The Balaban J connectivity index is 1.01. The standard InChI is InChI=1S/C62H44N2/c1-5-22-49(23-6-1)61-56-33-15-13-20-46(56)40-42-59(61)63(52-27-9-3-10-28-52)54-31-19-26-51(44-54)45-36-38-48(39-37-45)55-32-17-18-35-58(55)64(53-29-11-4-12-30-53)60-43-41-47-21-14-16-34-57(47)62(60)50-24-7-2-8-25-50/h1-44H. The van der Waals surface area contributed by atoms with E-state index in [0.29, 0.717) is 0 Å². The fourth-order valence-electron chi connectivity index (χ4n) is 9.28. The predicted molar refractivity (Wildman–Crippen MR) is 273 cm³/mol. The summed E-state index contributed by atoms with van der Waals surface area (Å²) >= 11 is 0. The normalized spacial score (nSPS) is 11.1. The van der Waals surface area contributed by atoms with Crippen molar-refractivity contribution < 1.29 is 0 Å². The molecule has 0 saturated heterocycles. The molecule has 0 aliphatic carbocycles. The van der Waals surface area contributed by atoms with E-state index in [0.717, 1.165) is 56.4 Å². The zero-order valence-corrected chi connectivity index (χ0v) is 35.3. The summed E-state index contributed by atoms with van der Waals surface area (Å²) in [5.41, 5.74) is 16.0. The molecule has 0 unspecified atom stereocenters. The first kappa shape index (κ1) is 38.5. The van der Waals surface area contributed by atoms with E-state index in [1.165, 1.54) is 43.8 Å². The summed E-state index contributed by atoms with van der Waals surface area (Å²) in [5, 5.41) is 4.88. The Morgan fingerprint density at radius 3 is 1.22 bits per heavy atom. The minimum atomic E-state index is 1.09. The number of para-hydroxylation sites is 3. The zero-order valence-electron chi connectivity index (χ0n) is 35.3. The van der Waals surface area contributed by atoms with Gasteiger partial charge in [-0.25, -0.2) is 0 Å². The van der Waals surface area contributed by atoms with Crippen LogP contribution in [0, 0.1) is 0 Å². The number of anilines is 6. The fourth-order valence-corrected chi connectivity index (χ4v) is 9.28. The van der Waals surface area contributed by atoms with Crippen LogP contribution in [0.3, 0.4) is 0 Å². The summed E-state index contributed by atoms with van der Waals surface area (Å²) in [6.07, 6.45) is 0. The number of rotatable bonds is 10. The molecule has 0 bridgehead atoms. The third-order valence-corrected chi connectivity index (χ3v) is 12.2. The largest absolute Gasteiger partial charge is 0.310 e. The van der Waals surface area contributed by atoms with Gasteiger partial charge in [0.15, 0.2) is 0 Å². The Hall–Kier alpha value is -8.46. The molecule has 11 aromatic rings. The lowest BCUT2D eigenvalue weighted by atomic mass is 9.94. The molecule has 0 aliphatic heterocycles. The molecule has 0 radical (unpaired) electrons. The molecule has 11 rings (SSSR count). The molecule has 302 valence electrons. The van der Waals surface area contributed by atoms with Crippen molar-refractivity contribution in [2.75, 3.05) is 9.80 Å². The molecule has 0 aromatic heterocycles. The molecular weight excluding hydrogens is 773 g/mol. The molecule has 64 heavy (non-hydrogen) atoms. The summed E-state index contributed by atoms with van der Waals surface area (Å²) in [5.74, 6) is 0. The lowest BCUT2D eigenvalue weighted by Crippen LogP contribution is -2.12. The van der Waals surface area contributed by atoms with Gasteiger partial charge in [0.1, 0.15) is 0 Å². The highest BCUT2D eigenvalue weighted by Crippen LogP contribution is 2.48. The molecule has 0 spiro atoms. The monoisotopic (exact) mass is 816 g/mol. The molecule has 0 aliphatic rings. The van der Waals surface area contributed by atoms with Crippen molar-refractivity contribution in [1.29, 1.82) is 0 Å². The van der Waals surface area contributed by atoms with Crippen molar-refractivity contribution >= 4 is 55.7 Å². The number of fused-ring (bicyclic) bond motifs is 2. The minimum absolute atomic E-state index is 1.09. The van der Waals surface area contributed by atoms with Gasteiger partial charge >= 0.3 is 0 Å². The van der Waals surface area contributed by atoms with Crippen LogP contribution in [0.2, 0.25) is 0 Å². The van der Waals surface area contributed by atoms with Crippen molar-refractivity contribution in [3.05, 3.63) is 267 Å². The van der Waals surface area contributed by atoms with E-state index in [-0.39, 0.29) is 0 Å². The third-order valence-electron chi connectivity index (χ3n) is 12.2. The van der Waals surface area contributed by atoms with Crippen molar-refractivity contribution in [2.24, 2.45) is 0 Å². The molecule has 0 heterocycles. The molecule has 0 amide bonds. The van der Waals surface area contributed by atoms with Crippen LogP contribution in [0.25, 0.3) is 66.1 Å². The molecule has 0 N–H and O–H groups in total. The molecule has 2 nitrogen and oxygen atoms in total. The first-order valence-electron chi connectivity index (χ1n) is 21.9. The van der Waals surface area contributed by atoms with Gasteiger partial charge in [-0.15, -0.1) is 0 Å². The minimum Gasteiger partial charge on any atom is -0.310 e. The highest BCUT2D eigenvalue weighted by molar-refractivity contribution is 6.07. The van der Waals surface area contributed by atoms with E-state index < -0.39 is 0 Å². The summed E-state index contributed by atoms with van der Waals surface area (Å²) in [4.78, 5) is 4.83. The Morgan fingerprint density at radius 1 is 0.219 bits per heavy atom. The number of nitrogens with zero attached hydrogens (tertiary/aromatic N) is 2. The second-order valence-electron chi connectivity index (χ2n) is 16.1. The summed E-state index contributed by atoms with van der Waals surface area (Å²) in [6.45, 7) is 0.